The van der Waals surface area contributed by atoms with Crippen LogP contribution in [-0.2, 0) is 0 Å². The number of hydrogen-bond donors (Lipinski definition) is 0. The first-order valence-electron chi connectivity index (χ1n) is 6.96. The molecule has 2 heteroatoms. The van der Waals surface area contributed by atoms with Crippen molar-refractivity contribution >= 4 is 11.4 Å². The van der Waals surface area contributed by atoms with Crippen molar-refractivity contribution in [2.75, 3.05) is 0 Å². The molecule has 0 aromatic heterocycles. The van der Waals surface area contributed by atoms with Crippen LogP contribution in [0.15, 0.2) is 34.5 Å². The zero-order chi connectivity index (χ0) is 14.9. The highest BCUT2D eigenvalue weighted by atomic mass is 15.1. The maximum Gasteiger partial charge on any atom is 0.0915 e. The molecule has 2 aromatic carbocycles. The lowest BCUT2D eigenvalue weighted by molar-refractivity contribution is 1.15. The van der Waals surface area contributed by atoms with Gasteiger partial charge in [-0.1, -0.05) is 35.4 Å². The van der Waals surface area contributed by atoms with E-state index < -0.39 is 0 Å². The van der Waals surface area contributed by atoms with Crippen LogP contribution in [0.2, 0.25) is 0 Å². The van der Waals surface area contributed by atoms with Crippen molar-refractivity contribution in [1.82, 2.24) is 0 Å². The van der Waals surface area contributed by atoms with Crippen LogP contribution in [0.3, 0.4) is 0 Å². The molecule has 0 unspecified atom stereocenters. The van der Waals surface area contributed by atoms with E-state index in [4.69, 9.17) is 0 Å². The molecular formula is C18H22N2. The molecule has 0 saturated heterocycles. The molecule has 0 N–H and O–H groups in total. The third kappa shape index (κ3) is 2.96. The van der Waals surface area contributed by atoms with Crippen LogP contribution in [0, 0.1) is 41.5 Å². The molecule has 0 aliphatic rings. The molecule has 2 aromatic rings. The molecule has 0 aliphatic carbocycles. The minimum atomic E-state index is 0.981. The van der Waals surface area contributed by atoms with Gasteiger partial charge in [0, 0.05) is 0 Å². The van der Waals surface area contributed by atoms with Gasteiger partial charge in [-0.2, -0.15) is 0 Å². The van der Waals surface area contributed by atoms with E-state index >= 15 is 0 Å². The summed E-state index contributed by atoms with van der Waals surface area (Å²) in [7, 11) is 0. The highest BCUT2D eigenvalue weighted by Crippen LogP contribution is 2.30. The van der Waals surface area contributed by atoms with E-state index in [9.17, 15) is 0 Å². The van der Waals surface area contributed by atoms with E-state index in [0.29, 0.717) is 0 Å². The third-order valence-electron chi connectivity index (χ3n) is 3.52. The second-order valence-corrected chi connectivity index (χ2v) is 5.69. The van der Waals surface area contributed by atoms with E-state index in [2.05, 4.69) is 76.0 Å². The average Bonchev–Trinajstić information content (AvgIpc) is 2.30. The van der Waals surface area contributed by atoms with Crippen molar-refractivity contribution in [2.45, 2.75) is 41.5 Å². The average molecular weight is 266 g/mol. The number of hydrogen-bond acceptors (Lipinski definition) is 2. The molecule has 104 valence electrons. The van der Waals surface area contributed by atoms with Crippen molar-refractivity contribution in [3.63, 3.8) is 0 Å². The first-order valence-corrected chi connectivity index (χ1v) is 6.96. The Labute approximate surface area is 121 Å². The molecule has 0 spiro atoms. The van der Waals surface area contributed by atoms with Crippen LogP contribution in [0.5, 0.6) is 0 Å². The molecule has 0 saturated carbocycles. The SMILES string of the molecule is Cc1cc(C)c(N=Nc2c(C)cc(C)cc2C)c(C)c1. The van der Waals surface area contributed by atoms with Gasteiger partial charge in [-0.3, -0.25) is 0 Å². The highest BCUT2D eigenvalue weighted by Gasteiger charge is 2.05. The molecule has 0 radical (unpaired) electrons. The lowest BCUT2D eigenvalue weighted by Crippen LogP contribution is -1.85. The summed E-state index contributed by atoms with van der Waals surface area (Å²) >= 11 is 0. The molecule has 2 rings (SSSR count). The Hall–Kier alpha value is -1.96. The van der Waals surface area contributed by atoms with Gasteiger partial charge in [0.15, 0.2) is 0 Å². The Morgan fingerprint density at radius 3 is 1.00 bits per heavy atom. The number of rotatable bonds is 2. The van der Waals surface area contributed by atoms with Crippen molar-refractivity contribution in [3.8, 4) is 0 Å². The topological polar surface area (TPSA) is 24.7 Å². The summed E-state index contributed by atoms with van der Waals surface area (Å²) in [4.78, 5) is 0. The summed E-state index contributed by atoms with van der Waals surface area (Å²) in [5, 5.41) is 8.99. The van der Waals surface area contributed by atoms with Gasteiger partial charge in [0.05, 0.1) is 11.4 Å². The minimum Gasteiger partial charge on any atom is -0.150 e. The van der Waals surface area contributed by atoms with E-state index in [1.807, 2.05) is 0 Å². The first kappa shape index (κ1) is 14.4. The molecule has 0 amide bonds. The summed E-state index contributed by atoms with van der Waals surface area (Å²) in [6.07, 6.45) is 0. The van der Waals surface area contributed by atoms with Gasteiger partial charge in [0.1, 0.15) is 0 Å². The monoisotopic (exact) mass is 266 g/mol. The minimum absolute atomic E-state index is 0.981. The number of nitrogens with zero attached hydrogens (tertiary/aromatic N) is 2. The fourth-order valence-electron chi connectivity index (χ4n) is 2.76. The molecular weight excluding hydrogens is 244 g/mol. The predicted octanol–water partition coefficient (Wildman–Crippen LogP) is 5.95. The Kier molecular flexibility index (Phi) is 4.03. The lowest BCUT2D eigenvalue weighted by atomic mass is 10.1. The number of azo groups is 1. The normalized spacial score (nSPS) is 11.3. The zero-order valence-electron chi connectivity index (χ0n) is 13.2. The van der Waals surface area contributed by atoms with E-state index in [-0.39, 0.29) is 0 Å². The molecule has 20 heavy (non-hydrogen) atoms. The fraction of sp³-hybridized carbons (Fsp3) is 0.333. The van der Waals surface area contributed by atoms with Crippen LogP contribution >= 0.6 is 0 Å². The van der Waals surface area contributed by atoms with Crippen molar-refractivity contribution in [3.05, 3.63) is 57.6 Å². The van der Waals surface area contributed by atoms with Crippen LogP contribution < -0.4 is 0 Å². The summed E-state index contributed by atoms with van der Waals surface area (Å²) in [6, 6.07) is 8.60. The molecule has 2 nitrogen and oxygen atoms in total. The van der Waals surface area contributed by atoms with Crippen LogP contribution in [0.4, 0.5) is 11.4 Å². The summed E-state index contributed by atoms with van der Waals surface area (Å²) in [5.41, 5.74) is 9.19. The first-order chi connectivity index (χ1) is 9.38. The molecule has 0 bridgehead atoms. The van der Waals surface area contributed by atoms with Crippen molar-refractivity contribution < 1.29 is 0 Å². The number of benzene rings is 2. The van der Waals surface area contributed by atoms with Crippen molar-refractivity contribution in [1.29, 1.82) is 0 Å². The van der Waals surface area contributed by atoms with Gasteiger partial charge < -0.3 is 0 Å². The standard InChI is InChI=1S/C18H22N2/c1-11-7-13(3)17(14(4)8-11)19-20-18-15(5)9-12(2)10-16(18)6/h7-10H,1-6H3. The molecule has 0 atom stereocenters. The summed E-state index contributed by atoms with van der Waals surface area (Å²) in [5.74, 6) is 0. The predicted molar refractivity (Wildman–Crippen MR) is 85.5 cm³/mol. The second-order valence-electron chi connectivity index (χ2n) is 5.69. The van der Waals surface area contributed by atoms with Crippen LogP contribution in [0.1, 0.15) is 33.4 Å². The van der Waals surface area contributed by atoms with E-state index in [1.165, 1.54) is 33.4 Å². The Balaban J connectivity index is 2.45. The maximum atomic E-state index is 4.49. The fourth-order valence-corrected chi connectivity index (χ4v) is 2.76. The zero-order valence-corrected chi connectivity index (χ0v) is 13.2. The van der Waals surface area contributed by atoms with Crippen LogP contribution in [0.25, 0.3) is 0 Å². The third-order valence-corrected chi connectivity index (χ3v) is 3.52. The van der Waals surface area contributed by atoms with E-state index in [1.54, 1.807) is 0 Å². The van der Waals surface area contributed by atoms with Gasteiger partial charge in [-0.25, -0.2) is 0 Å². The van der Waals surface area contributed by atoms with E-state index in [0.717, 1.165) is 11.4 Å². The van der Waals surface area contributed by atoms with Gasteiger partial charge in [-0.05, 0) is 63.8 Å². The second kappa shape index (κ2) is 5.58. The Bertz CT molecular complexity index is 576. The molecule has 0 aliphatic heterocycles. The van der Waals surface area contributed by atoms with Crippen molar-refractivity contribution in [2.24, 2.45) is 10.2 Å². The van der Waals surface area contributed by atoms with Gasteiger partial charge in [-0.15, -0.1) is 10.2 Å². The lowest BCUT2D eigenvalue weighted by Gasteiger charge is -2.08. The van der Waals surface area contributed by atoms with Crippen LogP contribution in [-0.4, -0.2) is 0 Å². The highest BCUT2D eigenvalue weighted by molar-refractivity contribution is 5.56. The maximum absolute atomic E-state index is 4.49. The smallest absolute Gasteiger partial charge is 0.0915 e. The largest absolute Gasteiger partial charge is 0.150 e. The molecule has 0 fully saturated rings. The summed E-state index contributed by atoms with van der Waals surface area (Å²) in [6.45, 7) is 12.6. The Morgan fingerprint density at radius 2 is 0.750 bits per heavy atom. The molecule has 0 heterocycles. The number of aryl methyl sites for hydroxylation is 6. The Morgan fingerprint density at radius 1 is 0.500 bits per heavy atom. The quantitative estimate of drug-likeness (QED) is 0.600. The summed E-state index contributed by atoms with van der Waals surface area (Å²) < 4.78 is 0. The van der Waals surface area contributed by atoms with Gasteiger partial charge in [0.25, 0.3) is 0 Å². The van der Waals surface area contributed by atoms with Gasteiger partial charge in [0.2, 0.25) is 0 Å². The van der Waals surface area contributed by atoms with Gasteiger partial charge >= 0.3 is 0 Å².